The van der Waals surface area contributed by atoms with Crippen molar-refractivity contribution in [2.45, 2.75) is 45.6 Å². The molecule has 0 aromatic heterocycles. The SMILES string of the molecule is Cc1ccc2c(c1)C(=O)CC1(CCN(C(=O)c3cccc(OCC(C)C)c3)CC1)O2. The second kappa shape index (κ2) is 8.13. The van der Waals surface area contributed by atoms with Crippen LogP contribution in [0, 0.1) is 12.8 Å². The summed E-state index contributed by atoms with van der Waals surface area (Å²) in [4.78, 5) is 27.6. The minimum absolute atomic E-state index is 0.00184. The van der Waals surface area contributed by atoms with Crippen LogP contribution in [0.15, 0.2) is 42.5 Å². The van der Waals surface area contributed by atoms with Crippen molar-refractivity contribution in [2.75, 3.05) is 19.7 Å². The number of carbonyl (C=O) groups excluding carboxylic acids is 2. The highest BCUT2D eigenvalue weighted by Gasteiger charge is 2.43. The smallest absolute Gasteiger partial charge is 0.253 e. The molecule has 30 heavy (non-hydrogen) atoms. The Balaban J connectivity index is 1.42. The van der Waals surface area contributed by atoms with Crippen molar-refractivity contribution in [3.05, 3.63) is 59.2 Å². The van der Waals surface area contributed by atoms with Crippen molar-refractivity contribution in [1.82, 2.24) is 4.90 Å². The van der Waals surface area contributed by atoms with Crippen LogP contribution in [0.4, 0.5) is 0 Å². The van der Waals surface area contributed by atoms with Crippen LogP contribution in [-0.4, -0.2) is 41.9 Å². The predicted octanol–water partition coefficient (Wildman–Crippen LogP) is 4.67. The molecule has 5 nitrogen and oxygen atoms in total. The topological polar surface area (TPSA) is 55.8 Å². The van der Waals surface area contributed by atoms with Gasteiger partial charge >= 0.3 is 0 Å². The fourth-order valence-corrected chi connectivity index (χ4v) is 4.17. The number of carbonyl (C=O) groups is 2. The van der Waals surface area contributed by atoms with Gasteiger partial charge in [0.05, 0.1) is 18.6 Å². The van der Waals surface area contributed by atoms with Crippen molar-refractivity contribution < 1.29 is 19.1 Å². The molecule has 4 rings (SSSR count). The van der Waals surface area contributed by atoms with Crippen LogP contribution in [0.5, 0.6) is 11.5 Å². The maximum Gasteiger partial charge on any atom is 0.253 e. The lowest BCUT2D eigenvalue weighted by Crippen LogP contribution is -2.52. The van der Waals surface area contributed by atoms with Crippen molar-refractivity contribution in [1.29, 1.82) is 0 Å². The van der Waals surface area contributed by atoms with Gasteiger partial charge in [0.25, 0.3) is 5.91 Å². The zero-order chi connectivity index (χ0) is 21.3. The van der Waals surface area contributed by atoms with Crippen LogP contribution in [0.25, 0.3) is 0 Å². The highest BCUT2D eigenvalue weighted by molar-refractivity contribution is 6.00. The van der Waals surface area contributed by atoms with Crippen LogP contribution in [-0.2, 0) is 0 Å². The molecule has 0 aliphatic carbocycles. The van der Waals surface area contributed by atoms with E-state index in [4.69, 9.17) is 9.47 Å². The summed E-state index contributed by atoms with van der Waals surface area (Å²) in [6, 6.07) is 13.1. The fraction of sp³-hybridized carbons (Fsp3) is 0.440. The van der Waals surface area contributed by atoms with Crippen molar-refractivity contribution in [3.63, 3.8) is 0 Å². The first kappa shape index (κ1) is 20.5. The summed E-state index contributed by atoms with van der Waals surface area (Å²) in [5.74, 6) is 1.95. The highest BCUT2D eigenvalue weighted by Crippen LogP contribution is 2.39. The molecule has 1 fully saturated rings. The molecule has 1 saturated heterocycles. The van der Waals surface area contributed by atoms with E-state index in [1.165, 1.54) is 0 Å². The molecule has 2 heterocycles. The monoisotopic (exact) mass is 407 g/mol. The Kier molecular flexibility index (Phi) is 5.54. The van der Waals surface area contributed by atoms with E-state index in [-0.39, 0.29) is 11.7 Å². The second-order valence-electron chi connectivity index (χ2n) is 8.91. The number of amides is 1. The maximum atomic E-state index is 13.0. The van der Waals surface area contributed by atoms with Gasteiger partial charge in [-0.3, -0.25) is 9.59 Å². The van der Waals surface area contributed by atoms with E-state index in [0.29, 0.717) is 61.8 Å². The standard InChI is InChI=1S/C25H29NO4/c1-17(2)16-29-20-6-4-5-19(14-20)24(28)26-11-9-25(10-12-26)15-22(27)21-13-18(3)7-8-23(21)30-25/h4-8,13-14,17H,9-12,15-16H2,1-3H3. The van der Waals surface area contributed by atoms with Gasteiger partial charge in [0.15, 0.2) is 5.78 Å². The number of hydrogen-bond acceptors (Lipinski definition) is 4. The van der Waals surface area contributed by atoms with E-state index in [9.17, 15) is 9.59 Å². The number of rotatable bonds is 4. The van der Waals surface area contributed by atoms with Gasteiger partial charge in [-0.05, 0) is 43.2 Å². The summed E-state index contributed by atoms with van der Waals surface area (Å²) in [6.07, 6.45) is 1.69. The zero-order valence-electron chi connectivity index (χ0n) is 17.9. The molecule has 0 atom stereocenters. The normalized spacial score (nSPS) is 17.6. The molecule has 158 valence electrons. The molecule has 0 N–H and O–H groups in total. The molecule has 2 aromatic rings. The lowest BCUT2D eigenvalue weighted by atomic mass is 9.82. The summed E-state index contributed by atoms with van der Waals surface area (Å²) in [5.41, 5.74) is 1.87. The van der Waals surface area contributed by atoms with E-state index in [1.807, 2.05) is 54.3 Å². The molecule has 2 aliphatic rings. The molecular formula is C25H29NO4. The minimum atomic E-state index is -0.502. The largest absolute Gasteiger partial charge is 0.493 e. The summed E-state index contributed by atoms with van der Waals surface area (Å²) in [6.45, 7) is 7.93. The molecule has 1 spiro atoms. The molecular weight excluding hydrogens is 378 g/mol. The van der Waals surface area contributed by atoms with E-state index < -0.39 is 5.60 Å². The highest BCUT2D eigenvalue weighted by atomic mass is 16.5. The van der Waals surface area contributed by atoms with Crippen LogP contribution < -0.4 is 9.47 Å². The van der Waals surface area contributed by atoms with E-state index in [2.05, 4.69) is 13.8 Å². The first-order valence-electron chi connectivity index (χ1n) is 10.7. The third-order valence-electron chi connectivity index (χ3n) is 5.87. The fourth-order valence-electron chi connectivity index (χ4n) is 4.17. The average molecular weight is 408 g/mol. The number of nitrogens with zero attached hydrogens (tertiary/aromatic N) is 1. The maximum absolute atomic E-state index is 13.0. The number of ketones is 1. The molecule has 5 heteroatoms. The Morgan fingerprint density at radius 3 is 2.67 bits per heavy atom. The van der Waals surface area contributed by atoms with Crippen molar-refractivity contribution >= 4 is 11.7 Å². The summed E-state index contributed by atoms with van der Waals surface area (Å²) < 4.78 is 12.1. The molecule has 0 saturated carbocycles. The van der Waals surface area contributed by atoms with Gasteiger partial charge < -0.3 is 14.4 Å². The van der Waals surface area contributed by atoms with Crippen LogP contribution in [0.1, 0.15) is 59.4 Å². The Hall–Kier alpha value is -2.82. The number of fused-ring (bicyclic) bond motifs is 1. The summed E-state index contributed by atoms with van der Waals surface area (Å²) in [7, 11) is 0. The third-order valence-corrected chi connectivity index (χ3v) is 5.87. The number of piperidine rings is 1. The first-order valence-corrected chi connectivity index (χ1v) is 10.7. The number of ether oxygens (including phenoxy) is 2. The van der Waals surface area contributed by atoms with E-state index >= 15 is 0 Å². The number of benzene rings is 2. The van der Waals surface area contributed by atoms with Crippen LogP contribution in [0.3, 0.4) is 0 Å². The van der Waals surface area contributed by atoms with Gasteiger partial charge in [-0.1, -0.05) is 31.5 Å². The number of likely N-dealkylation sites (tertiary alicyclic amines) is 1. The summed E-state index contributed by atoms with van der Waals surface area (Å²) in [5, 5.41) is 0. The van der Waals surface area contributed by atoms with Crippen LogP contribution >= 0.6 is 0 Å². The number of hydrogen-bond donors (Lipinski definition) is 0. The van der Waals surface area contributed by atoms with Gasteiger partial charge in [-0.15, -0.1) is 0 Å². The van der Waals surface area contributed by atoms with Gasteiger partial charge in [0.1, 0.15) is 17.1 Å². The van der Waals surface area contributed by atoms with E-state index in [1.54, 1.807) is 0 Å². The van der Waals surface area contributed by atoms with Crippen molar-refractivity contribution in [3.8, 4) is 11.5 Å². The third kappa shape index (κ3) is 4.20. The Morgan fingerprint density at radius 2 is 1.93 bits per heavy atom. The lowest BCUT2D eigenvalue weighted by Gasteiger charge is -2.44. The number of Topliss-reactive ketones (excluding diaryl/α,β-unsaturated/α-hetero) is 1. The van der Waals surface area contributed by atoms with Crippen molar-refractivity contribution in [2.24, 2.45) is 5.92 Å². The molecule has 2 aliphatic heterocycles. The lowest BCUT2D eigenvalue weighted by molar-refractivity contribution is -0.00573. The molecule has 2 aromatic carbocycles. The zero-order valence-corrected chi connectivity index (χ0v) is 17.9. The quantitative estimate of drug-likeness (QED) is 0.739. The Bertz CT molecular complexity index is 957. The van der Waals surface area contributed by atoms with Crippen LogP contribution in [0.2, 0.25) is 0 Å². The first-order chi connectivity index (χ1) is 14.3. The van der Waals surface area contributed by atoms with Gasteiger partial charge in [-0.2, -0.15) is 0 Å². The van der Waals surface area contributed by atoms with Gasteiger partial charge in [0.2, 0.25) is 0 Å². The second-order valence-corrected chi connectivity index (χ2v) is 8.91. The summed E-state index contributed by atoms with van der Waals surface area (Å²) >= 11 is 0. The Morgan fingerprint density at radius 1 is 1.17 bits per heavy atom. The molecule has 0 radical (unpaired) electrons. The predicted molar refractivity (Wildman–Crippen MR) is 115 cm³/mol. The molecule has 0 unspecified atom stereocenters. The average Bonchev–Trinajstić information content (AvgIpc) is 2.73. The molecule has 0 bridgehead atoms. The Labute approximate surface area is 178 Å². The van der Waals surface area contributed by atoms with Gasteiger partial charge in [0, 0.05) is 31.5 Å². The number of aryl methyl sites for hydroxylation is 1. The van der Waals surface area contributed by atoms with Gasteiger partial charge in [-0.25, -0.2) is 0 Å². The van der Waals surface area contributed by atoms with E-state index in [0.717, 1.165) is 11.3 Å². The molecule has 1 amide bonds. The minimum Gasteiger partial charge on any atom is -0.493 e.